The third-order valence-corrected chi connectivity index (χ3v) is 6.57. The van der Waals surface area contributed by atoms with E-state index in [9.17, 15) is 14.0 Å². The van der Waals surface area contributed by atoms with E-state index < -0.39 is 0 Å². The summed E-state index contributed by atoms with van der Waals surface area (Å²) in [5.74, 6) is -0.562. The van der Waals surface area contributed by atoms with Crippen LogP contribution >= 0.6 is 11.8 Å². The predicted molar refractivity (Wildman–Crippen MR) is 107 cm³/mol. The molecule has 0 spiro atoms. The molecule has 1 saturated heterocycles. The maximum atomic E-state index is 13.2. The van der Waals surface area contributed by atoms with Crippen LogP contribution in [0.1, 0.15) is 51.0 Å². The van der Waals surface area contributed by atoms with Gasteiger partial charge in [-0.2, -0.15) is 0 Å². The van der Waals surface area contributed by atoms with Crippen molar-refractivity contribution >= 4 is 23.6 Å². The second-order valence-electron chi connectivity index (χ2n) is 7.22. The Balaban J connectivity index is 1.77. The topological polar surface area (TPSA) is 49.4 Å². The first kappa shape index (κ1) is 19.9. The molecule has 2 atom stereocenters. The van der Waals surface area contributed by atoms with Gasteiger partial charge < -0.3 is 10.2 Å². The number of thioether (sulfide) groups is 1. The molecule has 2 amide bonds. The molecule has 0 radical (unpaired) electrons. The molecule has 2 fully saturated rings. The maximum Gasteiger partial charge on any atom is 0.261 e. The lowest BCUT2D eigenvalue weighted by Crippen LogP contribution is -2.51. The van der Waals surface area contributed by atoms with E-state index in [1.165, 1.54) is 18.2 Å². The Hall–Kier alpha value is -1.82. The van der Waals surface area contributed by atoms with Crippen molar-refractivity contribution in [3.05, 3.63) is 46.6 Å². The summed E-state index contributed by atoms with van der Waals surface area (Å²) in [6.45, 7) is 3.15. The van der Waals surface area contributed by atoms with Crippen LogP contribution < -0.4 is 5.32 Å². The van der Waals surface area contributed by atoms with Gasteiger partial charge in [0.2, 0.25) is 5.91 Å². The molecular weight excluding hydrogens is 363 g/mol. The number of halogens is 1. The number of hydrogen-bond acceptors (Lipinski definition) is 3. The summed E-state index contributed by atoms with van der Waals surface area (Å²) < 4.78 is 13.2. The lowest BCUT2D eigenvalue weighted by Gasteiger charge is -2.44. The Morgan fingerprint density at radius 3 is 2.78 bits per heavy atom. The molecule has 0 bridgehead atoms. The van der Waals surface area contributed by atoms with Gasteiger partial charge in [0.1, 0.15) is 5.82 Å². The first-order chi connectivity index (χ1) is 13.1. The first-order valence-corrected chi connectivity index (χ1v) is 10.7. The van der Waals surface area contributed by atoms with E-state index >= 15 is 0 Å². The van der Waals surface area contributed by atoms with Gasteiger partial charge in [-0.25, -0.2) is 4.39 Å². The molecule has 2 unspecified atom stereocenters. The van der Waals surface area contributed by atoms with Crippen molar-refractivity contribution in [2.75, 3.05) is 6.54 Å². The van der Waals surface area contributed by atoms with Crippen LogP contribution in [-0.4, -0.2) is 34.6 Å². The molecule has 4 nitrogen and oxygen atoms in total. The lowest BCUT2D eigenvalue weighted by atomic mass is 9.92. The van der Waals surface area contributed by atoms with E-state index in [1.54, 1.807) is 23.9 Å². The molecule has 1 aromatic rings. The molecule has 6 heteroatoms. The summed E-state index contributed by atoms with van der Waals surface area (Å²) in [5, 5.41) is 3.18. The van der Waals surface area contributed by atoms with Crippen LogP contribution in [0.4, 0.5) is 4.39 Å². The Morgan fingerprint density at radius 2 is 2.04 bits per heavy atom. The predicted octanol–water partition coefficient (Wildman–Crippen LogP) is 4.01. The number of amides is 2. The zero-order valence-corrected chi connectivity index (χ0v) is 16.6. The van der Waals surface area contributed by atoms with Crippen molar-refractivity contribution in [3.8, 4) is 0 Å². The highest BCUT2D eigenvalue weighted by Crippen LogP contribution is 2.42. The van der Waals surface area contributed by atoms with Crippen LogP contribution in [0.25, 0.3) is 0 Å². The Morgan fingerprint density at radius 1 is 1.30 bits per heavy atom. The van der Waals surface area contributed by atoms with Crippen LogP contribution in [0.2, 0.25) is 0 Å². The second kappa shape index (κ2) is 9.40. The fourth-order valence-corrected chi connectivity index (χ4v) is 5.15. The molecule has 1 N–H and O–H groups in total. The molecule has 1 aromatic carbocycles. The number of nitrogens with zero attached hydrogens (tertiary/aromatic N) is 1. The van der Waals surface area contributed by atoms with Gasteiger partial charge in [-0.1, -0.05) is 38.3 Å². The van der Waals surface area contributed by atoms with Gasteiger partial charge in [0.25, 0.3) is 5.91 Å². The van der Waals surface area contributed by atoms with Crippen molar-refractivity contribution in [2.24, 2.45) is 0 Å². The summed E-state index contributed by atoms with van der Waals surface area (Å²) in [6, 6.07) is 6.48. The summed E-state index contributed by atoms with van der Waals surface area (Å²) in [5.41, 5.74) is 0.910. The highest BCUT2D eigenvalue weighted by molar-refractivity contribution is 8.04. The van der Waals surface area contributed by atoms with E-state index in [-0.39, 0.29) is 23.7 Å². The van der Waals surface area contributed by atoms with Crippen LogP contribution in [0.15, 0.2) is 35.2 Å². The Labute approximate surface area is 164 Å². The molecule has 1 aliphatic heterocycles. The average molecular weight is 391 g/mol. The van der Waals surface area contributed by atoms with Crippen LogP contribution in [-0.2, 0) is 16.1 Å². The lowest BCUT2D eigenvalue weighted by molar-refractivity contribution is -0.130. The van der Waals surface area contributed by atoms with Gasteiger partial charge in [-0.3, -0.25) is 9.59 Å². The fraction of sp³-hybridized carbons (Fsp3) is 0.524. The van der Waals surface area contributed by atoms with Gasteiger partial charge >= 0.3 is 0 Å². The van der Waals surface area contributed by atoms with Gasteiger partial charge in [0, 0.05) is 30.5 Å². The third kappa shape index (κ3) is 5.12. The molecule has 1 heterocycles. The first-order valence-electron chi connectivity index (χ1n) is 9.80. The molecule has 1 aliphatic carbocycles. The number of hydrogen-bond donors (Lipinski definition) is 1. The maximum absolute atomic E-state index is 13.2. The highest BCUT2D eigenvalue weighted by atomic mass is 32.2. The van der Waals surface area contributed by atoms with E-state index in [0.29, 0.717) is 23.2 Å². The zero-order valence-electron chi connectivity index (χ0n) is 15.7. The van der Waals surface area contributed by atoms with E-state index in [0.717, 1.165) is 44.1 Å². The largest absolute Gasteiger partial charge is 0.353 e. The molecule has 27 heavy (non-hydrogen) atoms. The third-order valence-electron chi connectivity index (χ3n) is 5.18. The molecule has 1 saturated carbocycles. The molecule has 0 aromatic heterocycles. The van der Waals surface area contributed by atoms with Crippen molar-refractivity contribution in [3.63, 3.8) is 0 Å². The monoisotopic (exact) mass is 390 g/mol. The van der Waals surface area contributed by atoms with Gasteiger partial charge in [0.15, 0.2) is 0 Å². The zero-order chi connectivity index (χ0) is 19.2. The minimum absolute atomic E-state index is 0.0851. The SMILES string of the molecule is CCCCNC(=O)/C=C1\SC2CCCCC2N(Cc2ccc(F)cc2)C1=O. The number of nitrogens with one attached hydrogen (secondary N) is 1. The van der Waals surface area contributed by atoms with Crippen molar-refractivity contribution < 1.29 is 14.0 Å². The Kier molecular flexibility index (Phi) is 6.94. The highest BCUT2D eigenvalue weighted by Gasteiger charge is 2.40. The molecular formula is C21H27FN2O2S. The minimum Gasteiger partial charge on any atom is -0.353 e. The molecule has 2 aliphatic rings. The normalized spacial score (nSPS) is 24.0. The summed E-state index contributed by atoms with van der Waals surface area (Å²) in [7, 11) is 0. The minimum atomic E-state index is -0.279. The number of carbonyl (C=O) groups excluding carboxylic acids is 2. The van der Waals surface area contributed by atoms with Gasteiger partial charge in [-0.05, 0) is 37.0 Å². The van der Waals surface area contributed by atoms with Crippen LogP contribution in [0.3, 0.4) is 0 Å². The van der Waals surface area contributed by atoms with E-state index in [2.05, 4.69) is 12.2 Å². The number of unbranched alkanes of at least 4 members (excludes halogenated alkanes) is 1. The molecule has 3 rings (SSSR count). The van der Waals surface area contributed by atoms with E-state index in [4.69, 9.17) is 0 Å². The fourth-order valence-electron chi connectivity index (χ4n) is 3.71. The van der Waals surface area contributed by atoms with E-state index in [1.807, 2.05) is 4.90 Å². The van der Waals surface area contributed by atoms with Crippen LogP contribution in [0.5, 0.6) is 0 Å². The van der Waals surface area contributed by atoms with Crippen molar-refractivity contribution in [2.45, 2.75) is 63.3 Å². The number of carbonyl (C=O) groups is 2. The summed E-state index contributed by atoms with van der Waals surface area (Å²) in [6.07, 6.45) is 7.72. The van der Waals surface area contributed by atoms with Gasteiger partial charge in [0.05, 0.1) is 4.91 Å². The van der Waals surface area contributed by atoms with Crippen molar-refractivity contribution in [1.29, 1.82) is 0 Å². The van der Waals surface area contributed by atoms with Crippen LogP contribution in [0, 0.1) is 5.82 Å². The standard InChI is InChI=1S/C21H27FN2O2S/c1-2-3-12-23-20(25)13-19-21(26)24(14-15-8-10-16(22)11-9-15)17-6-4-5-7-18(17)27-19/h8-11,13,17-18H,2-7,12,14H2,1H3,(H,23,25)/b19-13-. The quantitative estimate of drug-likeness (QED) is 0.590. The summed E-state index contributed by atoms with van der Waals surface area (Å²) >= 11 is 1.56. The van der Waals surface area contributed by atoms with Crippen molar-refractivity contribution in [1.82, 2.24) is 10.2 Å². The second-order valence-corrected chi connectivity index (χ2v) is 8.50. The Bertz CT molecular complexity index is 705. The smallest absolute Gasteiger partial charge is 0.261 e. The number of fused-ring (bicyclic) bond motifs is 1. The number of benzene rings is 1. The summed E-state index contributed by atoms with van der Waals surface area (Å²) in [4.78, 5) is 27.7. The number of rotatable bonds is 6. The van der Waals surface area contributed by atoms with Gasteiger partial charge in [-0.15, -0.1) is 11.8 Å². The average Bonchev–Trinajstić information content (AvgIpc) is 2.67. The molecule has 146 valence electrons.